The van der Waals surface area contributed by atoms with E-state index in [0.717, 1.165) is 12.8 Å². The molecule has 0 atom stereocenters. The van der Waals surface area contributed by atoms with Crippen molar-refractivity contribution in [3.05, 3.63) is 17.0 Å². The molecule has 0 aromatic carbocycles. The molecular formula is C9H10F2N2O2. The number of aryl methyl sites for hydroxylation is 1. The van der Waals surface area contributed by atoms with Crippen molar-refractivity contribution >= 4 is 5.97 Å². The van der Waals surface area contributed by atoms with E-state index in [0.29, 0.717) is 5.69 Å². The SMILES string of the molecule is Cn1nc(C(F)F)c(C(=O)O)c1C1CC1. The second-order valence-corrected chi connectivity index (χ2v) is 3.65. The van der Waals surface area contributed by atoms with Crippen molar-refractivity contribution in [2.24, 2.45) is 7.05 Å². The lowest BCUT2D eigenvalue weighted by molar-refractivity contribution is 0.0682. The zero-order valence-electron chi connectivity index (χ0n) is 8.07. The molecule has 1 fully saturated rings. The Kier molecular flexibility index (Phi) is 2.21. The molecule has 0 radical (unpaired) electrons. The molecule has 0 bridgehead atoms. The van der Waals surface area contributed by atoms with Gasteiger partial charge in [-0.3, -0.25) is 4.68 Å². The zero-order chi connectivity index (χ0) is 11.2. The minimum atomic E-state index is -2.84. The molecule has 1 heterocycles. The van der Waals surface area contributed by atoms with E-state index >= 15 is 0 Å². The third-order valence-electron chi connectivity index (χ3n) is 2.50. The molecule has 1 aliphatic rings. The first-order valence-corrected chi connectivity index (χ1v) is 4.60. The van der Waals surface area contributed by atoms with Crippen LogP contribution in [0.4, 0.5) is 8.78 Å². The molecule has 1 aromatic rings. The summed E-state index contributed by atoms with van der Waals surface area (Å²) in [5, 5.41) is 12.5. The number of carbonyl (C=O) groups is 1. The summed E-state index contributed by atoms with van der Waals surface area (Å²) in [6.07, 6.45) is -1.14. The number of aromatic nitrogens is 2. The topological polar surface area (TPSA) is 55.1 Å². The van der Waals surface area contributed by atoms with Gasteiger partial charge in [-0.25, -0.2) is 13.6 Å². The molecule has 1 aliphatic carbocycles. The Labute approximate surface area is 84.5 Å². The zero-order valence-corrected chi connectivity index (χ0v) is 8.07. The Balaban J connectivity index is 2.56. The summed E-state index contributed by atoms with van der Waals surface area (Å²) in [5.41, 5.74) is -0.500. The van der Waals surface area contributed by atoms with E-state index in [-0.39, 0.29) is 11.5 Å². The van der Waals surface area contributed by atoms with Crippen LogP contribution in [0.25, 0.3) is 0 Å². The average Bonchev–Trinajstić information content (AvgIpc) is 2.89. The number of alkyl halides is 2. The van der Waals surface area contributed by atoms with Crippen LogP contribution in [0.3, 0.4) is 0 Å². The fourth-order valence-corrected chi connectivity index (χ4v) is 1.76. The van der Waals surface area contributed by atoms with E-state index in [4.69, 9.17) is 5.11 Å². The summed E-state index contributed by atoms with van der Waals surface area (Å²) in [5.74, 6) is -1.23. The highest BCUT2D eigenvalue weighted by molar-refractivity contribution is 5.90. The highest BCUT2D eigenvalue weighted by Gasteiger charge is 2.36. The summed E-state index contributed by atoms with van der Waals surface area (Å²) in [4.78, 5) is 10.9. The number of carboxylic acid groups (broad SMARTS) is 1. The first-order valence-electron chi connectivity index (χ1n) is 4.60. The third-order valence-corrected chi connectivity index (χ3v) is 2.50. The van der Waals surface area contributed by atoms with Crippen molar-refractivity contribution in [2.75, 3.05) is 0 Å². The molecule has 1 aromatic heterocycles. The van der Waals surface area contributed by atoms with Crippen LogP contribution in [0.2, 0.25) is 0 Å². The normalized spacial score (nSPS) is 16.0. The number of halogens is 2. The molecule has 0 aliphatic heterocycles. The van der Waals surface area contributed by atoms with Crippen LogP contribution in [0.15, 0.2) is 0 Å². The van der Waals surface area contributed by atoms with Crippen molar-refractivity contribution in [3.8, 4) is 0 Å². The molecule has 2 rings (SSSR count). The molecule has 0 unspecified atom stereocenters. The Hall–Kier alpha value is -1.46. The standard InChI is InChI=1S/C9H10F2N2O2/c1-13-7(4-2-3-4)5(9(14)15)6(12-13)8(10)11/h4,8H,2-3H2,1H3,(H,14,15). The second-order valence-electron chi connectivity index (χ2n) is 3.65. The summed E-state index contributed by atoms with van der Waals surface area (Å²) in [6.45, 7) is 0. The fourth-order valence-electron chi connectivity index (χ4n) is 1.76. The molecule has 0 amide bonds. The van der Waals surface area contributed by atoms with Crippen LogP contribution in [-0.4, -0.2) is 20.9 Å². The van der Waals surface area contributed by atoms with Crippen molar-refractivity contribution in [1.82, 2.24) is 9.78 Å². The van der Waals surface area contributed by atoms with E-state index in [9.17, 15) is 13.6 Å². The molecule has 82 valence electrons. The quantitative estimate of drug-likeness (QED) is 0.839. The largest absolute Gasteiger partial charge is 0.478 e. The van der Waals surface area contributed by atoms with Crippen LogP contribution in [0, 0.1) is 0 Å². The lowest BCUT2D eigenvalue weighted by Gasteiger charge is -2.00. The summed E-state index contributed by atoms with van der Waals surface area (Å²) < 4.78 is 26.3. The van der Waals surface area contributed by atoms with Gasteiger partial charge < -0.3 is 5.11 Å². The lowest BCUT2D eigenvalue weighted by Crippen LogP contribution is -2.04. The highest BCUT2D eigenvalue weighted by Crippen LogP contribution is 2.43. The van der Waals surface area contributed by atoms with Crippen LogP contribution < -0.4 is 0 Å². The minimum absolute atomic E-state index is 0.0844. The Morgan fingerprint density at radius 1 is 1.60 bits per heavy atom. The first kappa shape index (κ1) is 10.1. The van der Waals surface area contributed by atoms with Crippen molar-refractivity contribution in [2.45, 2.75) is 25.2 Å². The van der Waals surface area contributed by atoms with Crippen LogP contribution in [0.1, 0.15) is 46.9 Å². The Morgan fingerprint density at radius 2 is 2.20 bits per heavy atom. The number of hydrogen-bond acceptors (Lipinski definition) is 2. The number of nitrogens with zero attached hydrogens (tertiary/aromatic N) is 2. The van der Waals surface area contributed by atoms with Crippen LogP contribution >= 0.6 is 0 Å². The maximum absolute atomic E-state index is 12.5. The van der Waals surface area contributed by atoms with E-state index in [1.165, 1.54) is 11.7 Å². The van der Waals surface area contributed by atoms with Gasteiger partial charge in [0, 0.05) is 13.0 Å². The maximum atomic E-state index is 12.5. The predicted molar refractivity (Wildman–Crippen MR) is 47.1 cm³/mol. The van der Waals surface area contributed by atoms with Gasteiger partial charge in [0.2, 0.25) is 0 Å². The summed E-state index contributed by atoms with van der Waals surface area (Å²) in [6, 6.07) is 0. The van der Waals surface area contributed by atoms with E-state index < -0.39 is 18.1 Å². The van der Waals surface area contributed by atoms with Crippen molar-refractivity contribution in [1.29, 1.82) is 0 Å². The van der Waals surface area contributed by atoms with Gasteiger partial charge in [-0.2, -0.15) is 5.10 Å². The van der Waals surface area contributed by atoms with Gasteiger partial charge in [0.25, 0.3) is 6.43 Å². The van der Waals surface area contributed by atoms with E-state index in [2.05, 4.69) is 5.10 Å². The first-order chi connectivity index (χ1) is 7.02. The van der Waals surface area contributed by atoms with Crippen LogP contribution in [-0.2, 0) is 7.05 Å². The molecule has 0 spiro atoms. The Morgan fingerprint density at radius 3 is 2.60 bits per heavy atom. The van der Waals surface area contributed by atoms with Gasteiger partial charge in [0.15, 0.2) is 0 Å². The predicted octanol–water partition coefficient (Wildman–Crippen LogP) is 1.93. The fraction of sp³-hybridized carbons (Fsp3) is 0.556. The number of rotatable bonds is 3. The third kappa shape index (κ3) is 1.60. The monoisotopic (exact) mass is 216 g/mol. The average molecular weight is 216 g/mol. The number of carboxylic acids is 1. The van der Waals surface area contributed by atoms with Crippen molar-refractivity contribution in [3.63, 3.8) is 0 Å². The van der Waals surface area contributed by atoms with Gasteiger partial charge in [-0.05, 0) is 12.8 Å². The van der Waals surface area contributed by atoms with Gasteiger partial charge in [0.05, 0.1) is 5.69 Å². The molecule has 6 heteroatoms. The van der Waals surface area contributed by atoms with Gasteiger partial charge in [-0.1, -0.05) is 0 Å². The molecule has 1 saturated carbocycles. The number of aromatic carboxylic acids is 1. The Bertz CT molecular complexity index is 410. The number of hydrogen-bond donors (Lipinski definition) is 1. The van der Waals surface area contributed by atoms with E-state index in [1.54, 1.807) is 0 Å². The van der Waals surface area contributed by atoms with Crippen LogP contribution in [0.5, 0.6) is 0 Å². The molecule has 15 heavy (non-hydrogen) atoms. The van der Waals surface area contributed by atoms with E-state index in [1.807, 2.05) is 0 Å². The molecular weight excluding hydrogens is 206 g/mol. The highest BCUT2D eigenvalue weighted by atomic mass is 19.3. The van der Waals surface area contributed by atoms with Crippen molar-refractivity contribution < 1.29 is 18.7 Å². The summed E-state index contributed by atoms with van der Waals surface area (Å²) in [7, 11) is 1.51. The van der Waals surface area contributed by atoms with Gasteiger partial charge in [0.1, 0.15) is 11.3 Å². The molecule has 4 nitrogen and oxygen atoms in total. The van der Waals surface area contributed by atoms with Gasteiger partial charge >= 0.3 is 5.97 Å². The molecule has 1 N–H and O–H groups in total. The minimum Gasteiger partial charge on any atom is -0.478 e. The molecule has 0 saturated heterocycles. The maximum Gasteiger partial charge on any atom is 0.339 e. The lowest BCUT2D eigenvalue weighted by atomic mass is 10.1. The van der Waals surface area contributed by atoms with Gasteiger partial charge in [-0.15, -0.1) is 0 Å². The second kappa shape index (κ2) is 3.29. The smallest absolute Gasteiger partial charge is 0.339 e. The summed E-state index contributed by atoms with van der Waals surface area (Å²) >= 11 is 0.